The number of benzene rings is 3. The van der Waals surface area contributed by atoms with Gasteiger partial charge in [0.25, 0.3) is 0 Å². The van der Waals surface area contributed by atoms with E-state index in [9.17, 15) is 0 Å². The number of hydrogen-bond acceptors (Lipinski definition) is 0. The Bertz CT molecular complexity index is 622. The molecule has 0 heteroatoms. The molecule has 0 spiro atoms. The highest BCUT2D eigenvalue weighted by atomic mass is 14.0. The third kappa shape index (κ3) is 11.1. The van der Waals surface area contributed by atoms with Crippen molar-refractivity contribution in [2.75, 3.05) is 0 Å². The summed E-state index contributed by atoms with van der Waals surface area (Å²) in [5, 5.41) is 0. The van der Waals surface area contributed by atoms with Crippen LogP contribution in [0.4, 0.5) is 0 Å². The minimum absolute atomic E-state index is 0. The molecule has 0 unspecified atom stereocenters. The van der Waals surface area contributed by atoms with E-state index in [2.05, 4.69) is 100 Å². The van der Waals surface area contributed by atoms with Crippen molar-refractivity contribution < 1.29 is 0 Å². The Labute approximate surface area is 171 Å². The monoisotopic (exact) mass is 368 g/mol. The van der Waals surface area contributed by atoms with Crippen molar-refractivity contribution in [1.82, 2.24) is 0 Å². The lowest BCUT2D eigenvalue weighted by atomic mass is 10.0. The average molecular weight is 369 g/mol. The maximum Gasteiger partial charge on any atom is -0.0184 e. The molecular formula is C27H44. The summed E-state index contributed by atoms with van der Waals surface area (Å²) in [4.78, 5) is 0. The Morgan fingerprint density at radius 3 is 0.630 bits per heavy atom. The first-order valence-electron chi connectivity index (χ1n) is 7.71. The molecule has 3 aromatic carbocycles. The van der Waals surface area contributed by atoms with Crippen LogP contribution in [0.5, 0.6) is 0 Å². The van der Waals surface area contributed by atoms with E-state index >= 15 is 0 Å². The Balaban J connectivity index is -0.000000181. The highest BCUT2D eigenvalue weighted by molar-refractivity contribution is 5.63. The Kier molecular flexibility index (Phi) is 19.0. The van der Waals surface area contributed by atoms with Crippen molar-refractivity contribution in [3.63, 3.8) is 0 Å². The summed E-state index contributed by atoms with van der Waals surface area (Å²) in [6.07, 6.45) is 0. The molecule has 0 radical (unpaired) electrons. The van der Waals surface area contributed by atoms with E-state index in [4.69, 9.17) is 0 Å². The molecule has 3 rings (SSSR count). The predicted molar refractivity (Wildman–Crippen MR) is 131 cm³/mol. The van der Waals surface area contributed by atoms with Crippen LogP contribution in [-0.2, 0) is 0 Å². The van der Waals surface area contributed by atoms with Crippen molar-refractivity contribution in [3.8, 4) is 11.1 Å². The number of rotatable bonds is 1. The Morgan fingerprint density at radius 2 is 0.444 bits per heavy atom. The van der Waals surface area contributed by atoms with Gasteiger partial charge in [0.1, 0.15) is 0 Å². The van der Waals surface area contributed by atoms with Gasteiger partial charge in [0, 0.05) is 0 Å². The van der Waals surface area contributed by atoms with E-state index in [0.29, 0.717) is 0 Å². The normalized spacial score (nSPS) is 8.00. The number of aryl methyl sites for hydroxylation is 4. The maximum absolute atomic E-state index is 2.17. The van der Waals surface area contributed by atoms with Gasteiger partial charge in [0.2, 0.25) is 0 Å². The van der Waals surface area contributed by atoms with Gasteiger partial charge in [-0.1, -0.05) is 132 Å². The molecular weight excluding hydrogens is 324 g/mol. The van der Waals surface area contributed by atoms with Crippen molar-refractivity contribution in [1.29, 1.82) is 0 Å². The largest absolute Gasteiger partial charge is 0.0776 e. The van der Waals surface area contributed by atoms with Crippen LogP contribution in [0.2, 0.25) is 0 Å². The molecule has 0 atom stereocenters. The van der Waals surface area contributed by atoms with Crippen LogP contribution < -0.4 is 0 Å². The SMILES string of the molecule is C.C.C.C.C.Cc1ccc(-c2ccc(C)cc2)cc1.Cc1ccc(C)cc1. The molecule has 0 aromatic heterocycles. The quantitative estimate of drug-likeness (QED) is 0.401. The molecule has 0 saturated heterocycles. The number of hydrogen-bond donors (Lipinski definition) is 0. The second kappa shape index (κ2) is 15.9. The second-order valence-corrected chi connectivity index (χ2v) is 5.89. The summed E-state index contributed by atoms with van der Waals surface area (Å²) in [6, 6.07) is 25.7. The van der Waals surface area contributed by atoms with Gasteiger partial charge in [0.05, 0.1) is 0 Å². The van der Waals surface area contributed by atoms with E-state index in [1.54, 1.807) is 0 Å². The van der Waals surface area contributed by atoms with Crippen molar-refractivity contribution >= 4 is 0 Å². The fraction of sp³-hybridized carbons (Fsp3) is 0.333. The minimum Gasteiger partial charge on any atom is -0.0776 e. The third-order valence-electron chi connectivity index (χ3n) is 3.65. The smallest absolute Gasteiger partial charge is 0.0184 e. The molecule has 0 fully saturated rings. The predicted octanol–water partition coefficient (Wildman–Crippen LogP) is 9.45. The van der Waals surface area contributed by atoms with Crippen LogP contribution in [0.1, 0.15) is 59.4 Å². The van der Waals surface area contributed by atoms with E-state index < -0.39 is 0 Å². The maximum atomic E-state index is 2.17. The topological polar surface area (TPSA) is 0 Å². The summed E-state index contributed by atoms with van der Waals surface area (Å²) < 4.78 is 0. The Hall–Kier alpha value is -2.34. The summed E-state index contributed by atoms with van der Waals surface area (Å²) >= 11 is 0. The minimum atomic E-state index is 0. The van der Waals surface area contributed by atoms with Crippen LogP contribution in [0.25, 0.3) is 11.1 Å². The van der Waals surface area contributed by atoms with Crippen LogP contribution in [0.3, 0.4) is 0 Å². The van der Waals surface area contributed by atoms with Crippen molar-refractivity contribution in [3.05, 3.63) is 95.1 Å². The molecule has 152 valence electrons. The molecule has 0 aliphatic heterocycles. The van der Waals surface area contributed by atoms with Crippen molar-refractivity contribution in [2.45, 2.75) is 64.8 Å². The molecule has 0 heterocycles. The van der Waals surface area contributed by atoms with Gasteiger partial charge in [-0.3, -0.25) is 0 Å². The van der Waals surface area contributed by atoms with E-state index in [1.165, 1.54) is 33.4 Å². The molecule has 27 heavy (non-hydrogen) atoms. The lowest BCUT2D eigenvalue weighted by Crippen LogP contribution is -1.78. The molecule has 0 aliphatic carbocycles. The molecule has 0 aliphatic rings. The zero-order valence-corrected chi connectivity index (χ0v) is 13.9. The van der Waals surface area contributed by atoms with E-state index in [-0.39, 0.29) is 37.1 Å². The van der Waals surface area contributed by atoms with Gasteiger partial charge in [-0.15, -0.1) is 0 Å². The van der Waals surface area contributed by atoms with Crippen LogP contribution in [0, 0.1) is 27.7 Å². The van der Waals surface area contributed by atoms with Gasteiger partial charge in [-0.25, -0.2) is 0 Å². The van der Waals surface area contributed by atoms with Crippen LogP contribution in [-0.4, -0.2) is 0 Å². The Morgan fingerprint density at radius 1 is 0.296 bits per heavy atom. The summed E-state index contributed by atoms with van der Waals surface area (Å²) in [5.74, 6) is 0. The standard InChI is InChI=1S/C14H14.C8H10.5CH4/c1-11-3-7-13(8-4-11)14-9-5-12(2)6-10-14;1-7-3-5-8(2)6-4-7;;;;;/h3-10H,1-2H3;3-6H,1-2H3;5*1H4. The van der Waals surface area contributed by atoms with E-state index in [1.807, 2.05) is 0 Å². The van der Waals surface area contributed by atoms with Crippen LogP contribution in [0.15, 0.2) is 72.8 Å². The van der Waals surface area contributed by atoms with Gasteiger partial charge < -0.3 is 0 Å². The molecule has 0 saturated carbocycles. The first-order chi connectivity index (χ1) is 10.5. The fourth-order valence-corrected chi connectivity index (χ4v) is 2.13. The van der Waals surface area contributed by atoms with Crippen molar-refractivity contribution in [2.24, 2.45) is 0 Å². The van der Waals surface area contributed by atoms with Gasteiger partial charge in [-0.05, 0) is 38.8 Å². The summed E-state index contributed by atoms with van der Waals surface area (Å²) in [6.45, 7) is 8.41. The molecule has 0 amide bonds. The zero-order chi connectivity index (χ0) is 15.9. The summed E-state index contributed by atoms with van der Waals surface area (Å²) in [5.41, 5.74) is 7.85. The third-order valence-corrected chi connectivity index (χ3v) is 3.65. The molecule has 0 nitrogen and oxygen atoms in total. The van der Waals surface area contributed by atoms with E-state index in [0.717, 1.165) is 0 Å². The molecule has 3 aromatic rings. The lowest BCUT2D eigenvalue weighted by Gasteiger charge is -2.02. The summed E-state index contributed by atoms with van der Waals surface area (Å²) in [7, 11) is 0. The lowest BCUT2D eigenvalue weighted by molar-refractivity contribution is 1.40. The highest BCUT2D eigenvalue weighted by Gasteiger charge is 1.95. The first-order valence-corrected chi connectivity index (χ1v) is 7.71. The molecule has 0 N–H and O–H groups in total. The van der Waals surface area contributed by atoms with Gasteiger partial charge >= 0.3 is 0 Å². The second-order valence-electron chi connectivity index (χ2n) is 5.89. The van der Waals surface area contributed by atoms with Crippen LogP contribution >= 0.6 is 0 Å². The molecule has 0 bridgehead atoms. The fourth-order valence-electron chi connectivity index (χ4n) is 2.13. The first kappa shape index (κ1) is 32.3. The zero-order valence-electron chi connectivity index (χ0n) is 13.9. The average Bonchev–Trinajstić information content (AvgIpc) is 2.53. The highest BCUT2D eigenvalue weighted by Crippen LogP contribution is 2.19. The van der Waals surface area contributed by atoms with Gasteiger partial charge in [-0.2, -0.15) is 0 Å². The van der Waals surface area contributed by atoms with Gasteiger partial charge in [0.15, 0.2) is 0 Å².